The third-order valence-corrected chi connectivity index (χ3v) is 10.7. The first kappa shape index (κ1) is 37.3. The number of rotatable bonds is 16. The summed E-state index contributed by atoms with van der Waals surface area (Å²) in [4.78, 5) is 14.7. The van der Waals surface area contributed by atoms with E-state index in [0.717, 1.165) is 71.9 Å². The fourth-order valence-corrected chi connectivity index (χ4v) is 7.91. The molecule has 0 aliphatic carbocycles. The quantitative estimate of drug-likeness (QED) is 0.0582. The molecule has 4 aromatic carbocycles. The van der Waals surface area contributed by atoms with E-state index in [4.69, 9.17) is 30.9 Å². The SMILES string of the molecule is CCOC(=O)c1c(CCCOc2cc(SCc3ccc(OC)cc3)cc3ccccc23)c2ccc(Cl)c(-c3c(CNCCO)nn(C)c3C)c2n1C. The summed E-state index contributed by atoms with van der Waals surface area (Å²) in [5.74, 6) is 2.13. The Balaban J connectivity index is 1.29. The molecule has 2 aromatic heterocycles. The van der Waals surface area contributed by atoms with E-state index >= 15 is 0 Å². The van der Waals surface area contributed by atoms with Gasteiger partial charge in [-0.15, -0.1) is 11.8 Å². The molecule has 6 rings (SSSR count). The van der Waals surface area contributed by atoms with Crippen LogP contribution in [0.3, 0.4) is 0 Å². The summed E-state index contributed by atoms with van der Waals surface area (Å²) in [6.45, 7) is 5.47. The lowest BCUT2D eigenvalue weighted by Crippen LogP contribution is -2.18. The van der Waals surface area contributed by atoms with Crippen molar-refractivity contribution in [1.29, 1.82) is 0 Å². The van der Waals surface area contributed by atoms with Crippen LogP contribution in [0.1, 0.15) is 46.3 Å². The van der Waals surface area contributed by atoms with Crippen LogP contribution in [0.25, 0.3) is 32.8 Å². The zero-order chi connectivity index (χ0) is 36.8. The number of halogens is 1. The first-order valence-electron chi connectivity index (χ1n) is 17.5. The highest BCUT2D eigenvalue weighted by Gasteiger charge is 2.28. The Bertz CT molecular complexity index is 2190. The van der Waals surface area contributed by atoms with Gasteiger partial charge in [-0.1, -0.05) is 54.1 Å². The molecule has 9 nitrogen and oxygen atoms in total. The number of fused-ring (bicyclic) bond motifs is 2. The largest absolute Gasteiger partial charge is 0.497 e. The van der Waals surface area contributed by atoms with Gasteiger partial charge in [0.2, 0.25) is 0 Å². The fraction of sp³-hybridized carbons (Fsp3) is 0.317. The summed E-state index contributed by atoms with van der Waals surface area (Å²) >= 11 is 8.77. The van der Waals surface area contributed by atoms with Crippen LogP contribution in [0.15, 0.2) is 77.7 Å². The van der Waals surface area contributed by atoms with Gasteiger partial charge in [-0.3, -0.25) is 4.68 Å². The van der Waals surface area contributed by atoms with E-state index in [-0.39, 0.29) is 19.2 Å². The lowest BCUT2D eigenvalue weighted by atomic mass is 9.98. The average molecular weight is 741 g/mol. The highest BCUT2D eigenvalue weighted by molar-refractivity contribution is 7.98. The molecular weight excluding hydrogens is 696 g/mol. The number of methoxy groups -OCH3 is 1. The summed E-state index contributed by atoms with van der Waals surface area (Å²) in [5, 5.41) is 21.1. The van der Waals surface area contributed by atoms with Gasteiger partial charge in [0.1, 0.15) is 17.2 Å². The molecule has 0 atom stereocenters. The number of carbonyl (C=O) groups is 1. The number of benzene rings is 4. The standard InChI is InChI=1S/C41H45ClN4O5S/c1-6-50-41(48)40-32(33-17-18-34(42)38(39(33)45(40)3)37-26(2)46(4)44-35(37)24-43-19-20-47)12-9-21-51-36-23-30(22-28-10-7-8-11-31(28)36)52-25-27-13-15-29(49-5)16-14-27/h7-8,10-11,13-18,22-23,43,47H,6,9,12,19-21,24-25H2,1-5H3. The second-order valence-electron chi connectivity index (χ2n) is 12.6. The van der Waals surface area contributed by atoms with Gasteiger partial charge in [-0.2, -0.15) is 5.10 Å². The molecule has 272 valence electrons. The average Bonchev–Trinajstić information content (AvgIpc) is 3.59. The van der Waals surface area contributed by atoms with Crippen LogP contribution < -0.4 is 14.8 Å². The predicted molar refractivity (Wildman–Crippen MR) is 210 cm³/mol. The maximum Gasteiger partial charge on any atom is 0.355 e. The second kappa shape index (κ2) is 16.9. The maximum atomic E-state index is 13.6. The van der Waals surface area contributed by atoms with Crippen LogP contribution in [0.5, 0.6) is 11.5 Å². The molecule has 0 bridgehead atoms. The van der Waals surface area contributed by atoms with Crippen LogP contribution in [-0.2, 0) is 37.6 Å². The molecule has 0 saturated heterocycles. The first-order chi connectivity index (χ1) is 25.2. The van der Waals surface area contributed by atoms with E-state index in [1.165, 1.54) is 5.56 Å². The molecule has 0 fully saturated rings. The van der Waals surface area contributed by atoms with Crippen LogP contribution in [0.4, 0.5) is 0 Å². The first-order valence-corrected chi connectivity index (χ1v) is 18.8. The molecular formula is C41H45ClN4O5S. The summed E-state index contributed by atoms with van der Waals surface area (Å²) < 4.78 is 21.2. The van der Waals surface area contributed by atoms with E-state index in [1.807, 2.05) is 73.6 Å². The van der Waals surface area contributed by atoms with Crippen molar-refractivity contribution in [2.75, 3.05) is 33.5 Å². The van der Waals surface area contributed by atoms with Crippen molar-refractivity contribution in [3.05, 3.63) is 106 Å². The Hall–Kier alpha value is -4.48. The molecule has 2 heterocycles. The molecule has 52 heavy (non-hydrogen) atoms. The minimum Gasteiger partial charge on any atom is -0.497 e. The molecule has 6 aromatic rings. The number of nitrogens with zero attached hydrogens (tertiary/aromatic N) is 3. The van der Waals surface area contributed by atoms with Gasteiger partial charge in [-0.25, -0.2) is 4.79 Å². The van der Waals surface area contributed by atoms with Crippen molar-refractivity contribution in [3.8, 4) is 22.6 Å². The van der Waals surface area contributed by atoms with Crippen LogP contribution in [-0.4, -0.2) is 58.9 Å². The molecule has 0 amide bonds. The third kappa shape index (κ3) is 7.80. The van der Waals surface area contributed by atoms with Crippen molar-refractivity contribution >= 4 is 51.0 Å². The number of ether oxygens (including phenoxy) is 3. The van der Waals surface area contributed by atoms with Gasteiger partial charge in [-0.05, 0) is 73.5 Å². The van der Waals surface area contributed by atoms with Crippen molar-refractivity contribution in [3.63, 3.8) is 0 Å². The highest BCUT2D eigenvalue weighted by Crippen LogP contribution is 2.42. The highest BCUT2D eigenvalue weighted by atomic mass is 35.5. The van der Waals surface area contributed by atoms with E-state index in [0.29, 0.717) is 43.3 Å². The zero-order valence-electron chi connectivity index (χ0n) is 30.3. The number of aromatic nitrogens is 3. The van der Waals surface area contributed by atoms with Gasteiger partial charge < -0.3 is 29.2 Å². The number of thioether (sulfide) groups is 1. The normalized spacial score (nSPS) is 11.4. The van der Waals surface area contributed by atoms with Gasteiger partial charge in [0.15, 0.2) is 0 Å². The van der Waals surface area contributed by atoms with E-state index < -0.39 is 0 Å². The van der Waals surface area contributed by atoms with Crippen LogP contribution in [0.2, 0.25) is 5.02 Å². The molecule has 0 unspecified atom stereocenters. The van der Waals surface area contributed by atoms with E-state index in [2.05, 4.69) is 41.7 Å². The van der Waals surface area contributed by atoms with Gasteiger partial charge in [0.25, 0.3) is 0 Å². The monoisotopic (exact) mass is 740 g/mol. The number of hydrogen-bond donors (Lipinski definition) is 2. The van der Waals surface area contributed by atoms with Crippen molar-refractivity contribution < 1.29 is 24.1 Å². The number of carbonyl (C=O) groups excluding carboxylic acids is 1. The van der Waals surface area contributed by atoms with Gasteiger partial charge >= 0.3 is 5.97 Å². The minimum absolute atomic E-state index is 0.0243. The molecule has 0 aliphatic rings. The number of aliphatic hydroxyl groups excluding tert-OH is 1. The second-order valence-corrected chi connectivity index (χ2v) is 14.0. The number of hydrogen-bond acceptors (Lipinski definition) is 8. The Morgan fingerprint density at radius 2 is 1.81 bits per heavy atom. The van der Waals surface area contributed by atoms with Crippen LogP contribution >= 0.6 is 23.4 Å². The Morgan fingerprint density at radius 3 is 2.56 bits per heavy atom. The molecule has 0 saturated carbocycles. The lowest BCUT2D eigenvalue weighted by Gasteiger charge is -2.13. The number of aryl methyl sites for hydroxylation is 3. The van der Waals surface area contributed by atoms with E-state index in [9.17, 15) is 9.90 Å². The number of esters is 1. The summed E-state index contributed by atoms with van der Waals surface area (Å²) in [7, 11) is 5.47. The predicted octanol–water partition coefficient (Wildman–Crippen LogP) is 8.26. The summed E-state index contributed by atoms with van der Waals surface area (Å²) in [6.07, 6.45) is 1.26. The smallest absolute Gasteiger partial charge is 0.355 e. The van der Waals surface area contributed by atoms with Gasteiger partial charge in [0, 0.05) is 65.4 Å². The topological polar surface area (TPSA) is 99.8 Å². The fourth-order valence-electron chi connectivity index (χ4n) is 6.73. The molecule has 0 radical (unpaired) electrons. The van der Waals surface area contributed by atoms with Crippen molar-refractivity contribution in [2.45, 2.75) is 43.9 Å². The number of aliphatic hydroxyl groups is 1. The molecule has 11 heteroatoms. The molecule has 0 spiro atoms. The summed E-state index contributed by atoms with van der Waals surface area (Å²) in [5.41, 5.74) is 6.94. The molecule has 2 N–H and O–H groups in total. The maximum absolute atomic E-state index is 13.6. The zero-order valence-corrected chi connectivity index (χ0v) is 31.9. The lowest BCUT2D eigenvalue weighted by molar-refractivity contribution is 0.0514. The van der Waals surface area contributed by atoms with Crippen LogP contribution in [0, 0.1) is 6.92 Å². The third-order valence-electron chi connectivity index (χ3n) is 9.31. The Morgan fingerprint density at radius 1 is 1.02 bits per heavy atom. The number of nitrogens with one attached hydrogen (secondary N) is 1. The minimum atomic E-state index is -0.375. The Labute approximate surface area is 313 Å². The van der Waals surface area contributed by atoms with Gasteiger partial charge in [0.05, 0.1) is 43.2 Å². The van der Waals surface area contributed by atoms with Crippen molar-refractivity contribution in [1.82, 2.24) is 19.7 Å². The van der Waals surface area contributed by atoms with Crippen molar-refractivity contribution in [2.24, 2.45) is 14.1 Å². The van der Waals surface area contributed by atoms with E-state index in [1.54, 1.807) is 18.9 Å². The Kier molecular flexibility index (Phi) is 12.1. The molecule has 0 aliphatic heterocycles. The summed E-state index contributed by atoms with van der Waals surface area (Å²) in [6, 6.07) is 24.6.